The third kappa shape index (κ3) is 4.47. The number of ether oxygens (including phenoxy) is 3. The van der Waals surface area contributed by atoms with Crippen LogP contribution in [0.1, 0.15) is 0 Å². The highest BCUT2D eigenvalue weighted by atomic mass is 16.5. The van der Waals surface area contributed by atoms with Crippen molar-refractivity contribution in [3.63, 3.8) is 0 Å². The molecule has 148 valence electrons. The molecule has 0 aliphatic carbocycles. The number of hydrogen-bond acceptors (Lipinski definition) is 7. The van der Waals surface area contributed by atoms with Gasteiger partial charge in [0.2, 0.25) is 0 Å². The maximum absolute atomic E-state index is 5.95. The highest BCUT2D eigenvalue weighted by Gasteiger charge is 2.06. The van der Waals surface area contributed by atoms with Crippen molar-refractivity contribution < 1.29 is 14.2 Å². The van der Waals surface area contributed by atoms with Gasteiger partial charge in [0.15, 0.2) is 23.1 Å². The van der Waals surface area contributed by atoms with Gasteiger partial charge in [-0.2, -0.15) is 0 Å². The molecule has 0 saturated heterocycles. The van der Waals surface area contributed by atoms with Gasteiger partial charge in [-0.3, -0.25) is 0 Å². The minimum absolute atomic E-state index is 0.365. The van der Waals surface area contributed by atoms with Crippen LogP contribution in [0.15, 0.2) is 60.7 Å². The van der Waals surface area contributed by atoms with E-state index in [-0.39, 0.29) is 0 Å². The van der Waals surface area contributed by atoms with Crippen molar-refractivity contribution in [3.05, 3.63) is 60.7 Å². The lowest BCUT2D eigenvalue weighted by atomic mass is 10.2. The number of benzene rings is 2. The summed E-state index contributed by atoms with van der Waals surface area (Å²) in [5, 5.41) is 1.96. The van der Waals surface area contributed by atoms with Crippen molar-refractivity contribution in [2.24, 2.45) is 0 Å². The van der Waals surface area contributed by atoms with Crippen LogP contribution in [0.4, 0.5) is 11.6 Å². The first kappa shape index (κ1) is 18.8. The third-order valence-corrected chi connectivity index (χ3v) is 4.40. The second-order valence-corrected chi connectivity index (χ2v) is 6.44. The number of nitrogens with zero attached hydrogens (tertiary/aromatic N) is 2. The predicted octanol–water partition coefficient (Wildman–Crippen LogP) is 3.42. The fourth-order valence-corrected chi connectivity index (χ4v) is 2.98. The van der Waals surface area contributed by atoms with Crippen molar-refractivity contribution in [3.8, 4) is 11.5 Å². The maximum Gasteiger partial charge on any atom is 0.166 e. The lowest BCUT2D eigenvalue weighted by molar-refractivity contribution is 0.0767. The normalized spacial score (nSPS) is 11.0. The first-order chi connectivity index (χ1) is 14.2. The summed E-state index contributed by atoms with van der Waals surface area (Å²) in [4.78, 5) is 8.68. The maximum atomic E-state index is 5.95. The Bertz CT molecular complexity index is 1040. The molecule has 0 radical (unpaired) electrons. The number of hydrogen-bond donors (Lipinski definition) is 2. The Balaban J connectivity index is 1.22. The molecule has 0 fully saturated rings. The van der Waals surface area contributed by atoms with Gasteiger partial charge in [-0.05, 0) is 24.3 Å². The molecule has 4 N–H and O–H groups in total. The SMILES string of the molecule is Nc1nc2ccccc2cc1OCCOCCOc1cc2ccccc2nc1N. The summed E-state index contributed by atoms with van der Waals surface area (Å²) >= 11 is 0. The van der Waals surface area contributed by atoms with E-state index < -0.39 is 0 Å². The Labute approximate surface area is 168 Å². The van der Waals surface area contributed by atoms with Crippen molar-refractivity contribution in [2.45, 2.75) is 0 Å². The van der Waals surface area contributed by atoms with Crippen molar-refractivity contribution >= 4 is 33.4 Å². The van der Waals surface area contributed by atoms with Crippen LogP contribution in [0.3, 0.4) is 0 Å². The second kappa shape index (κ2) is 8.62. The molecule has 0 bridgehead atoms. The summed E-state index contributed by atoms with van der Waals surface area (Å²) in [5.74, 6) is 1.84. The fourth-order valence-electron chi connectivity index (χ4n) is 2.98. The van der Waals surface area contributed by atoms with Crippen molar-refractivity contribution in [2.75, 3.05) is 37.9 Å². The lowest BCUT2D eigenvalue weighted by Gasteiger charge is -2.11. The molecular formula is C22H22N4O3. The molecule has 29 heavy (non-hydrogen) atoms. The van der Waals surface area contributed by atoms with Crippen LogP contribution in [-0.2, 0) is 4.74 Å². The van der Waals surface area contributed by atoms with E-state index in [1.165, 1.54) is 0 Å². The topological polar surface area (TPSA) is 106 Å². The summed E-state index contributed by atoms with van der Waals surface area (Å²) in [7, 11) is 0. The van der Waals surface area contributed by atoms with Gasteiger partial charge >= 0.3 is 0 Å². The summed E-state index contributed by atoms with van der Waals surface area (Å²) in [6.45, 7) is 1.54. The van der Waals surface area contributed by atoms with Crippen LogP contribution in [0, 0.1) is 0 Å². The molecular weight excluding hydrogens is 368 g/mol. The number of anilines is 2. The van der Waals surface area contributed by atoms with Gasteiger partial charge in [-0.1, -0.05) is 36.4 Å². The summed E-state index contributed by atoms with van der Waals surface area (Å²) in [5.41, 5.74) is 13.6. The Hall–Kier alpha value is -3.58. The summed E-state index contributed by atoms with van der Waals surface area (Å²) in [6.07, 6.45) is 0. The average Bonchev–Trinajstić information content (AvgIpc) is 2.73. The van der Waals surface area contributed by atoms with Crippen molar-refractivity contribution in [1.29, 1.82) is 0 Å². The molecule has 0 aliphatic rings. The van der Waals surface area contributed by atoms with Crippen molar-refractivity contribution in [1.82, 2.24) is 9.97 Å². The number of para-hydroxylation sites is 2. The lowest BCUT2D eigenvalue weighted by Crippen LogP contribution is -2.13. The first-order valence-corrected chi connectivity index (χ1v) is 9.34. The minimum Gasteiger partial charge on any atom is -0.487 e. The number of nitrogens with two attached hydrogens (primary N) is 2. The smallest absolute Gasteiger partial charge is 0.166 e. The Morgan fingerprint density at radius 2 is 1.07 bits per heavy atom. The summed E-state index contributed by atoms with van der Waals surface area (Å²) in [6, 6.07) is 19.3. The molecule has 2 aromatic heterocycles. The fraction of sp³-hybridized carbons (Fsp3) is 0.182. The van der Waals surface area contributed by atoms with E-state index >= 15 is 0 Å². The molecule has 7 heteroatoms. The molecule has 0 spiro atoms. The van der Waals surface area contributed by atoms with Crippen LogP contribution in [0.5, 0.6) is 11.5 Å². The molecule has 7 nitrogen and oxygen atoms in total. The van der Waals surface area contributed by atoms with E-state index in [9.17, 15) is 0 Å². The summed E-state index contributed by atoms with van der Waals surface area (Å²) < 4.78 is 16.9. The molecule has 0 unspecified atom stereocenters. The Morgan fingerprint density at radius 3 is 1.55 bits per heavy atom. The number of fused-ring (bicyclic) bond motifs is 2. The highest BCUT2D eigenvalue weighted by molar-refractivity contribution is 5.83. The quantitative estimate of drug-likeness (QED) is 0.444. The van der Waals surface area contributed by atoms with Gasteiger partial charge in [0.1, 0.15) is 13.2 Å². The van der Waals surface area contributed by atoms with Crippen LogP contribution in [-0.4, -0.2) is 36.4 Å². The van der Waals surface area contributed by atoms with Gasteiger partial charge in [-0.15, -0.1) is 0 Å². The van der Waals surface area contributed by atoms with Crippen LogP contribution in [0.25, 0.3) is 21.8 Å². The average molecular weight is 390 g/mol. The van der Waals surface area contributed by atoms with Gasteiger partial charge in [0.25, 0.3) is 0 Å². The van der Waals surface area contributed by atoms with Gasteiger partial charge in [-0.25, -0.2) is 9.97 Å². The van der Waals surface area contributed by atoms with Crippen LogP contribution in [0.2, 0.25) is 0 Å². The third-order valence-electron chi connectivity index (χ3n) is 4.40. The zero-order valence-electron chi connectivity index (χ0n) is 15.9. The molecule has 0 saturated carbocycles. The van der Waals surface area contributed by atoms with Gasteiger partial charge in [0, 0.05) is 10.8 Å². The number of rotatable bonds is 8. The second-order valence-electron chi connectivity index (χ2n) is 6.44. The van der Waals surface area contributed by atoms with E-state index in [4.69, 9.17) is 25.7 Å². The van der Waals surface area contributed by atoms with E-state index in [2.05, 4.69) is 9.97 Å². The largest absolute Gasteiger partial charge is 0.487 e. The molecule has 0 aliphatic heterocycles. The zero-order chi connectivity index (χ0) is 20.1. The number of pyridine rings is 2. The molecule has 4 rings (SSSR count). The minimum atomic E-state index is 0.365. The Kier molecular flexibility index (Phi) is 5.58. The molecule has 4 aromatic rings. The monoisotopic (exact) mass is 390 g/mol. The number of aromatic nitrogens is 2. The van der Waals surface area contributed by atoms with Crippen LogP contribution >= 0.6 is 0 Å². The van der Waals surface area contributed by atoms with E-state index in [0.29, 0.717) is 49.6 Å². The zero-order valence-corrected chi connectivity index (χ0v) is 15.9. The van der Waals surface area contributed by atoms with Crippen LogP contribution < -0.4 is 20.9 Å². The van der Waals surface area contributed by atoms with E-state index in [1.807, 2.05) is 60.7 Å². The molecule has 0 amide bonds. The first-order valence-electron chi connectivity index (χ1n) is 9.34. The van der Waals surface area contributed by atoms with E-state index in [1.54, 1.807) is 0 Å². The molecule has 2 heterocycles. The highest BCUT2D eigenvalue weighted by Crippen LogP contribution is 2.25. The molecule has 2 aromatic carbocycles. The predicted molar refractivity (Wildman–Crippen MR) is 114 cm³/mol. The standard InChI is InChI=1S/C22H22N4O3/c23-21-19(13-15-5-1-3-7-17(15)25-21)28-11-9-27-10-12-29-20-14-16-6-2-4-8-18(16)26-22(20)24/h1-8,13-14H,9-12H2,(H2,23,25)(H2,24,26). The van der Waals surface area contributed by atoms with Gasteiger partial charge < -0.3 is 25.7 Å². The number of nitrogen functional groups attached to an aromatic ring is 2. The van der Waals surface area contributed by atoms with Gasteiger partial charge in [0.05, 0.1) is 24.2 Å². The van der Waals surface area contributed by atoms with E-state index in [0.717, 1.165) is 21.8 Å². The Morgan fingerprint density at radius 1 is 0.621 bits per heavy atom. The molecule has 0 atom stereocenters.